The van der Waals surface area contributed by atoms with Crippen LogP contribution in [0.25, 0.3) is 44.5 Å². The lowest BCUT2D eigenvalue weighted by molar-refractivity contribution is -0.138. The van der Waals surface area contributed by atoms with Crippen LogP contribution in [0.15, 0.2) is 121 Å². The average molecular weight is 825 g/mol. The zero-order valence-corrected chi connectivity index (χ0v) is 29.8. The van der Waals surface area contributed by atoms with Crippen molar-refractivity contribution >= 4 is 0 Å². The van der Waals surface area contributed by atoms with E-state index >= 15 is 0 Å². The van der Waals surface area contributed by atoms with E-state index in [-0.39, 0.29) is 33.8 Å². The second-order valence-corrected chi connectivity index (χ2v) is 12.4. The minimum absolute atomic E-state index is 0.0851. The molecule has 6 aromatic rings. The summed E-state index contributed by atoms with van der Waals surface area (Å²) in [6.07, 6.45) is -17.9. The summed E-state index contributed by atoms with van der Waals surface area (Å²) in [7, 11) is 2.79. The lowest BCUT2D eigenvalue weighted by Gasteiger charge is -2.16. The number of phenolic OH excluding ortho intramolecular Hbond substituents is 2. The molecule has 0 saturated carbocycles. The molecule has 0 atom stereocenters. The van der Waals surface area contributed by atoms with Crippen molar-refractivity contribution in [3.63, 3.8) is 0 Å². The van der Waals surface area contributed by atoms with Gasteiger partial charge in [0.2, 0.25) is 0 Å². The van der Waals surface area contributed by atoms with E-state index in [1.807, 2.05) is 0 Å². The van der Waals surface area contributed by atoms with E-state index in [9.17, 15) is 62.9 Å². The molecular formula is C42H28F12O4. The van der Waals surface area contributed by atoms with Gasteiger partial charge in [-0.2, -0.15) is 52.7 Å². The molecule has 0 aliphatic heterocycles. The third kappa shape index (κ3) is 9.79. The van der Waals surface area contributed by atoms with Crippen LogP contribution >= 0.6 is 0 Å². The standard InChI is InChI=1S/C22H16F6O2.C20H12F6O2/c1-29-19-11-18(14-5-9-16(10-6-14)22(26,27)28)20(30-2)12-17(19)13-3-7-15(8-4-13)21(23,24)25;21-19(22,23)13-5-1-11(2-6-13)15-9-18(28)16(10-17(15)27)12-3-7-14(8-4-12)20(24,25)26/h3-12H,1-2H3;1-10,27-28H. The highest BCUT2D eigenvalue weighted by Crippen LogP contribution is 2.44. The lowest BCUT2D eigenvalue weighted by Crippen LogP contribution is -2.04. The number of methoxy groups -OCH3 is 2. The fraction of sp³-hybridized carbons (Fsp3) is 0.143. The van der Waals surface area contributed by atoms with Gasteiger partial charge in [0.15, 0.2) is 0 Å². The predicted octanol–water partition coefficient (Wildman–Crippen LogP) is 13.5. The van der Waals surface area contributed by atoms with Crippen molar-refractivity contribution in [1.82, 2.24) is 0 Å². The third-order valence-corrected chi connectivity index (χ3v) is 8.73. The molecule has 0 spiro atoms. The van der Waals surface area contributed by atoms with Crippen molar-refractivity contribution in [2.45, 2.75) is 24.7 Å². The summed E-state index contributed by atoms with van der Waals surface area (Å²) in [6.45, 7) is 0. The molecule has 304 valence electrons. The monoisotopic (exact) mass is 824 g/mol. The van der Waals surface area contributed by atoms with E-state index in [0.717, 1.165) is 84.9 Å². The number of phenols is 2. The fourth-order valence-corrected chi connectivity index (χ4v) is 5.74. The first-order valence-electron chi connectivity index (χ1n) is 16.5. The van der Waals surface area contributed by atoms with Crippen LogP contribution in [-0.2, 0) is 24.7 Å². The topological polar surface area (TPSA) is 58.9 Å². The summed E-state index contributed by atoms with van der Waals surface area (Å²) in [5.74, 6) is -0.00386. The zero-order chi connectivity index (χ0) is 42.8. The maximum Gasteiger partial charge on any atom is 0.416 e. The van der Waals surface area contributed by atoms with Gasteiger partial charge in [-0.25, -0.2) is 0 Å². The second-order valence-electron chi connectivity index (χ2n) is 12.4. The van der Waals surface area contributed by atoms with Crippen LogP contribution in [0.3, 0.4) is 0 Å². The van der Waals surface area contributed by atoms with Gasteiger partial charge in [0.1, 0.15) is 23.0 Å². The summed E-state index contributed by atoms with van der Waals surface area (Å²) in [5, 5.41) is 20.5. The molecule has 0 heterocycles. The summed E-state index contributed by atoms with van der Waals surface area (Å²) in [4.78, 5) is 0. The van der Waals surface area contributed by atoms with Crippen molar-refractivity contribution < 1.29 is 72.4 Å². The van der Waals surface area contributed by atoms with Gasteiger partial charge in [-0.1, -0.05) is 48.5 Å². The van der Waals surface area contributed by atoms with E-state index in [0.29, 0.717) is 33.8 Å². The molecule has 0 aromatic heterocycles. The minimum atomic E-state index is -4.50. The molecule has 58 heavy (non-hydrogen) atoms. The number of alkyl halides is 12. The normalized spacial score (nSPS) is 12.1. The van der Waals surface area contributed by atoms with Gasteiger partial charge >= 0.3 is 24.7 Å². The molecular weight excluding hydrogens is 796 g/mol. The van der Waals surface area contributed by atoms with Crippen LogP contribution in [0.5, 0.6) is 23.0 Å². The van der Waals surface area contributed by atoms with Crippen LogP contribution < -0.4 is 9.47 Å². The number of aromatic hydroxyl groups is 2. The van der Waals surface area contributed by atoms with Crippen LogP contribution in [0.4, 0.5) is 52.7 Å². The van der Waals surface area contributed by atoms with Crippen molar-refractivity contribution in [3.8, 4) is 67.5 Å². The highest BCUT2D eigenvalue weighted by Gasteiger charge is 2.33. The lowest BCUT2D eigenvalue weighted by atomic mass is 9.96. The largest absolute Gasteiger partial charge is 0.507 e. The third-order valence-electron chi connectivity index (χ3n) is 8.73. The fourth-order valence-electron chi connectivity index (χ4n) is 5.74. The number of hydrogen-bond acceptors (Lipinski definition) is 4. The maximum absolute atomic E-state index is 12.8. The molecule has 2 N–H and O–H groups in total. The molecule has 0 fully saturated rings. The molecule has 0 aliphatic carbocycles. The molecule has 0 radical (unpaired) electrons. The Labute approximate surface area is 322 Å². The van der Waals surface area contributed by atoms with Gasteiger partial charge in [-0.15, -0.1) is 0 Å². The zero-order valence-electron chi connectivity index (χ0n) is 29.8. The predicted molar refractivity (Wildman–Crippen MR) is 191 cm³/mol. The molecule has 4 nitrogen and oxygen atoms in total. The van der Waals surface area contributed by atoms with E-state index in [2.05, 4.69) is 0 Å². The summed E-state index contributed by atoms with van der Waals surface area (Å²) in [5.41, 5.74) is -0.727. The molecule has 16 heteroatoms. The van der Waals surface area contributed by atoms with Crippen molar-refractivity contribution in [2.24, 2.45) is 0 Å². The average Bonchev–Trinajstić information content (AvgIpc) is 3.17. The molecule has 0 aliphatic rings. The van der Waals surface area contributed by atoms with E-state index in [1.54, 1.807) is 12.1 Å². The number of halogens is 12. The first-order valence-corrected chi connectivity index (χ1v) is 16.5. The number of ether oxygens (including phenoxy) is 2. The smallest absolute Gasteiger partial charge is 0.416 e. The highest BCUT2D eigenvalue weighted by molar-refractivity contribution is 5.82. The van der Waals surface area contributed by atoms with E-state index < -0.39 is 47.0 Å². The Hall–Kier alpha value is -6.32. The maximum atomic E-state index is 12.8. The second kappa shape index (κ2) is 16.3. The van der Waals surface area contributed by atoms with Crippen molar-refractivity contribution in [1.29, 1.82) is 0 Å². The van der Waals surface area contributed by atoms with Crippen LogP contribution in [0.2, 0.25) is 0 Å². The summed E-state index contributed by atoms with van der Waals surface area (Å²) in [6, 6.07) is 22.5. The van der Waals surface area contributed by atoms with Gasteiger partial charge in [-0.3, -0.25) is 0 Å². The van der Waals surface area contributed by atoms with E-state index in [1.165, 1.54) is 38.5 Å². The Morgan fingerprint density at radius 3 is 0.724 bits per heavy atom. The quantitative estimate of drug-likeness (QED) is 0.130. The Bertz CT molecular complexity index is 2180. The van der Waals surface area contributed by atoms with Crippen LogP contribution in [0.1, 0.15) is 22.3 Å². The van der Waals surface area contributed by atoms with Gasteiger partial charge < -0.3 is 19.7 Å². The number of hydrogen-bond donors (Lipinski definition) is 2. The molecule has 0 unspecified atom stereocenters. The van der Waals surface area contributed by atoms with Crippen LogP contribution in [-0.4, -0.2) is 24.4 Å². The Morgan fingerprint density at radius 2 is 0.534 bits per heavy atom. The molecule has 0 bridgehead atoms. The van der Waals surface area contributed by atoms with Crippen molar-refractivity contribution in [2.75, 3.05) is 14.2 Å². The molecule has 0 saturated heterocycles. The molecule has 6 aromatic carbocycles. The SMILES string of the molecule is COc1cc(-c2ccc(C(F)(F)F)cc2)c(OC)cc1-c1ccc(C(F)(F)F)cc1.Oc1cc(-c2ccc(C(F)(F)F)cc2)c(O)cc1-c1ccc(C(F)(F)F)cc1. The van der Waals surface area contributed by atoms with Gasteiger partial charge in [0, 0.05) is 22.3 Å². The van der Waals surface area contributed by atoms with Gasteiger partial charge in [0.05, 0.1) is 36.5 Å². The van der Waals surface area contributed by atoms with Gasteiger partial charge in [0.25, 0.3) is 0 Å². The first-order chi connectivity index (χ1) is 27.0. The molecule has 0 amide bonds. The van der Waals surface area contributed by atoms with Crippen LogP contribution in [0, 0.1) is 0 Å². The Balaban J connectivity index is 0.000000221. The Kier molecular flexibility index (Phi) is 12.0. The summed E-state index contributed by atoms with van der Waals surface area (Å²) < 4.78 is 164. The first kappa shape index (κ1) is 42.8. The van der Waals surface area contributed by atoms with E-state index in [4.69, 9.17) is 9.47 Å². The Morgan fingerprint density at radius 1 is 0.328 bits per heavy atom. The number of benzene rings is 6. The summed E-state index contributed by atoms with van der Waals surface area (Å²) >= 11 is 0. The molecule has 6 rings (SSSR count). The number of rotatable bonds is 6. The highest BCUT2D eigenvalue weighted by atomic mass is 19.4. The van der Waals surface area contributed by atoms with Crippen molar-refractivity contribution in [3.05, 3.63) is 144 Å². The van der Waals surface area contributed by atoms with Gasteiger partial charge in [-0.05, 0) is 95.1 Å². The minimum Gasteiger partial charge on any atom is -0.507 e.